The van der Waals surface area contributed by atoms with Gasteiger partial charge in [-0.05, 0) is 32.7 Å². The molecule has 82 valence electrons. The van der Waals surface area contributed by atoms with Crippen LogP contribution in [0.15, 0.2) is 0 Å². The van der Waals surface area contributed by atoms with Gasteiger partial charge in [-0.25, -0.2) is 0 Å². The molecule has 1 unspecified atom stereocenters. The fourth-order valence-electron chi connectivity index (χ4n) is 2.10. The summed E-state index contributed by atoms with van der Waals surface area (Å²) >= 11 is 0. The van der Waals surface area contributed by atoms with Crippen molar-refractivity contribution in [1.29, 1.82) is 0 Å². The maximum Gasteiger partial charge on any atom is 0.226 e. The van der Waals surface area contributed by atoms with E-state index in [1.54, 1.807) is 0 Å². The molecule has 1 aliphatic rings. The minimum absolute atomic E-state index is 0.108. The van der Waals surface area contributed by atoms with E-state index >= 15 is 0 Å². The summed E-state index contributed by atoms with van der Waals surface area (Å²) in [4.78, 5) is 11.9. The molecule has 1 amide bonds. The summed E-state index contributed by atoms with van der Waals surface area (Å²) in [5.41, 5.74) is 5.33. The first-order valence-corrected chi connectivity index (χ1v) is 5.59. The predicted octanol–water partition coefficient (Wildman–Crippen LogP) is 1.42. The Morgan fingerprint density at radius 3 is 2.57 bits per heavy atom. The number of carbonyl (C=O) groups excluding carboxylic acids is 1. The van der Waals surface area contributed by atoms with Crippen molar-refractivity contribution in [3.63, 3.8) is 0 Å². The molecule has 3 N–H and O–H groups in total. The Morgan fingerprint density at radius 1 is 1.50 bits per heavy atom. The van der Waals surface area contributed by atoms with E-state index in [1.807, 2.05) is 6.92 Å². The highest BCUT2D eigenvalue weighted by molar-refractivity contribution is 5.82. The predicted molar refractivity (Wildman–Crippen MR) is 57.9 cm³/mol. The van der Waals surface area contributed by atoms with Gasteiger partial charge in [-0.2, -0.15) is 0 Å². The fraction of sp³-hybridized carbons (Fsp3) is 0.909. The van der Waals surface area contributed by atoms with E-state index in [1.165, 1.54) is 12.8 Å². The van der Waals surface area contributed by atoms with E-state index in [9.17, 15) is 4.79 Å². The SMILES string of the molecule is CC(CCN)NC(=O)C1(C)CCCC1. The van der Waals surface area contributed by atoms with Crippen LogP contribution in [0.2, 0.25) is 0 Å². The van der Waals surface area contributed by atoms with Gasteiger partial charge in [0.2, 0.25) is 5.91 Å². The first-order valence-electron chi connectivity index (χ1n) is 5.59. The van der Waals surface area contributed by atoms with Crippen LogP contribution in [0.5, 0.6) is 0 Å². The third-order valence-corrected chi connectivity index (χ3v) is 3.23. The van der Waals surface area contributed by atoms with Crippen LogP contribution in [0.25, 0.3) is 0 Å². The van der Waals surface area contributed by atoms with E-state index < -0.39 is 0 Å². The van der Waals surface area contributed by atoms with Crippen molar-refractivity contribution in [2.45, 2.75) is 52.0 Å². The molecule has 0 bridgehead atoms. The molecule has 14 heavy (non-hydrogen) atoms. The molecule has 1 saturated carbocycles. The van der Waals surface area contributed by atoms with Crippen molar-refractivity contribution in [3.8, 4) is 0 Å². The van der Waals surface area contributed by atoms with Crippen LogP contribution in [-0.2, 0) is 4.79 Å². The van der Waals surface area contributed by atoms with Crippen LogP contribution in [-0.4, -0.2) is 18.5 Å². The lowest BCUT2D eigenvalue weighted by atomic mass is 9.87. The Morgan fingerprint density at radius 2 is 2.07 bits per heavy atom. The normalized spacial score (nSPS) is 21.9. The number of carbonyl (C=O) groups is 1. The highest BCUT2D eigenvalue weighted by Crippen LogP contribution is 2.37. The zero-order chi connectivity index (χ0) is 10.6. The van der Waals surface area contributed by atoms with Gasteiger partial charge in [0.1, 0.15) is 0 Å². The van der Waals surface area contributed by atoms with Crippen molar-refractivity contribution in [2.75, 3.05) is 6.54 Å². The van der Waals surface area contributed by atoms with Crippen molar-refractivity contribution in [2.24, 2.45) is 11.1 Å². The number of hydrogen-bond donors (Lipinski definition) is 2. The maximum absolute atomic E-state index is 11.9. The third-order valence-electron chi connectivity index (χ3n) is 3.23. The minimum Gasteiger partial charge on any atom is -0.353 e. The van der Waals surface area contributed by atoms with Crippen molar-refractivity contribution >= 4 is 5.91 Å². The highest BCUT2D eigenvalue weighted by atomic mass is 16.2. The van der Waals surface area contributed by atoms with Crippen molar-refractivity contribution in [3.05, 3.63) is 0 Å². The number of amides is 1. The second kappa shape index (κ2) is 4.78. The number of rotatable bonds is 4. The van der Waals surface area contributed by atoms with E-state index in [0.717, 1.165) is 19.3 Å². The number of hydrogen-bond acceptors (Lipinski definition) is 2. The van der Waals surface area contributed by atoms with E-state index in [-0.39, 0.29) is 17.4 Å². The second-order valence-corrected chi connectivity index (χ2v) is 4.72. The summed E-state index contributed by atoms with van der Waals surface area (Å²) in [7, 11) is 0. The Hall–Kier alpha value is -0.570. The molecular formula is C11H22N2O. The average Bonchev–Trinajstić information content (AvgIpc) is 2.54. The zero-order valence-corrected chi connectivity index (χ0v) is 9.31. The fourth-order valence-corrected chi connectivity index (χ4v) is 2.10. The van der Waals surface area contributed by atoms with Gasteiger partial charge >= 0.3 is 0 Å². The molecule has 0 aromatic carbocycles. The van der Waals surface area contributed by atoms with Crippen LogP contribution < -0.4 is 11.1 Å². The summed E-state index contributed by atoms with van der Waals surface area (Å²) in [5, 5.41) is 3.04. The van der Waals surface area contributed by atoms with Crippen molar-refractivity contribution in [1.82, 2.24) is 5.32 Å². The monoisotopic (exact) mass is 198 g/mol. The molecule has 3 heteroatoms. The lowest BCUT2D eigenvalue weighted by Gasteiger charge is -2.24. The highest BCUT2D eigenvalue weighted by Gasteiger charge is 2.36. The first kappa shape index (κ1) is 11.5. The molecule has 1 fully saturated rings. The van der Waals surface area contributed by atoms with Crippen LogP contribution in [0.4, 0.5) is 0 Å². The molecule has 1 aliphatic carbocycles. The standard InChI is InChI=1S/C11H22N2O/c1-9(5-8-12)13-10(14)11(2)6-3-4-7-11/h9H,3-8,12H2,1-2H3,(H,13,14). The summed E-state index contributed by atoms with van der Waals surface area (Å²) in [5.74, 6) is 0.218. The van der Waals surface area contributed by atoms with Gasteiger partial charge in [-0.15, -0.1) is 0 Å². The van der Waals surface area contributed by atoms with E-state index in [2.05, 4.69) is 12.2 Å². The minimum atomic E-state index is -0.108. The van der Waals surface area contributed by atoms with E-state index in [0.29, 0.717) is 6.54 Å². The van der Waals surface area contributed by atoms with Gasteiger partial charge in [0, 0.05) is 11.5 Å². The third kappa shape index (κ3) is 2.71. The molecule has 1 rings (SSSR count). The summed E-state index contributed by atoms with van der Waals surface area (Å²) in [6.07, 6.45) is 5.31. The van der Waals surface area contributed by atoms with Crippen LogP contribution in [0, 0.1) is 5.41 Å². The lowest BCUT2D eigenvalue weighted by molar-refractivity contribution is -0.130. The largest absolute Gasteiger partial charge is 0.353 e. The van der Waals surface area contributed by atoms with E-state index in [4.69, 9.17) is 5.73 Å². The second-order valence-electron chi connectivity index (χ2n) is 4.72. The molecule has 0 heterocycles. The smallest absolute Gasteiger partial charge is 0.226 e. The van der Waals surface area contributed by atoms with Gasteiger partial charge in [0.15, 0.2) is 0 Å². The summed E-state index contributed by atoms with van der Waals surface area (Å²) in [6, 6.07) is 0.213. The average molecular weight is 198 g/mol. The van der Waals surface area contributed by atoms with Gasteiger partial charge in [0.05, 0.1) is 0 Å². The van der Waals surface area contributed by atoms with Gasteiger partial charge in [0.25, 0.3) is 0 Å². The molecule has 0 radical (unpaired) electrons. The Kier molecular flexibility index (Phi) is 3.93. The Labute approximate surface area is 86.4 Å². The Bertz CT molecular complexity index is 197. The molecule has 0 saturated heterocycles. The summed E-state index contributed by atoms with van der Waals surface area (Å²) < 4.78 is 0. The quantitative estimate of drug-likeness (QED) is 0.718. The Balaban J connectivity index is 2.40. The lowest BCUT2D eigenvalue weighted by Crippen LogP contribution is -2.42. The van der Waals surface area contributed by atoms with Gasteiger partial charge in [-0.1, -0.05) is 19.8 Å². The van der Waals surface area contributed by atoms with Crippen LogP contribution in [0.1, 0.15) is 46.0 Å². The topological polar surface area (TPSA) is 55.1 Å². The zero-order valence-electron chi connectivity index (χ0n) is 9.31. The number of nitrogens with one attached hydrogen (secondary N) is 1. The maximum atomic E-state index is 11.9. The summed E-state index contributed by atoms with van der Waals surface area (Å²) in [6.45, 7) is 4.73. The first-order chi connectivity index (χ1) is 6.58. The molecule has 0 aliphatic heterocycles. The van der Waals surface area contributed by atoms with Gasteiger partial charge in [-0.3, -0.25) is 4.79 Å². The van der Waals surface area contributed by atoms with Crippen LogP contribution in [0.3, 0.4) is 0 Å². The van der Waals surface area contributed by atoms with Gasteiger partial charge < -0.3 is 11.1 Å². The molecule has 0 aromatic rings. The molecule has 3 nitrogen and oxygen atoms in total. The number of nitrogens with two attached hydrogens (primary N) is 1. The molecule has 1 atom stereocenters. The van der Waals surface area contributed by atoms with Crippen molar-refractivity contribution < 1.29 is 4.79 Å². The molecular weight excluding hydrogens is 176 g/mol. The molecule has 0 aromatic heterocycles. The van der Waals surface area contributed by atoms with Crippen LogP contribution >= 0.6 is 0 Å². The molecule has 0 spiro atoms.